The van der Waals surface area contributed by atoms with Gasteiger partial charge in [0.1, 0.15) is 23.0 Å². The van der Waals surface area contributed by atoms with Gasteiger partial charge in [-0.05, 0) is 145 Å². The van der Waals surface area contributed by atoms with E-state index < -0.39 is 10.8 Å². The van der Waals surface area contributed by atoms with Crippen LogP contribution >= 0.6 is 0 Å². The molecule has 2 aliphatic carbocycles. The van der Waals surface area contributed by atoms with Crippen LogP contribution in [0.3, 0.4) is 0 Å². The lowest BCUT2D eigenvalue weighted by Crippen LogP contribution is -2.32. The van der Waals surface area contributed by atoms with Crippen LogP contribution in [-0.2, 0) is 10.8 Å². The summed E-state index contributed by atoms with van der Waals surface area (Å²) in [5.41, 5.74) is 24.8. The lowest BCUT2D eigenvalue weighted by atomic mass is 9.65. The monoisotopic (exact) mass is 1110 g/mol. The minimum Gasteiger partial charge on any atom is -0.457 e. The molecule has 12 aromatic carbocycles. The zero-order valence-electron chi connectivity index (χ0n) is 46.7. The molecule has 0 radical (unpaired) electrons. The Kier molecular flexibility index (Phi) is 10.7. The van der Waals surface area contributed by atoms with Crippen molar-refractivity contribution < 1.29 is 13.9 Å². The van der Waals surface area contributed by atoms with Gasteiger partial charge in [0.05, 0.1) is 22.2 Å². The lowest BCUT2D eigenvalue weighted by molar-refractivity contribution is 0.436. The number of benzene rings is 12. The van der Waals surface area contributed by atoms with Crippen molar-refractivity contribution >= 4 is 0 Å². The predicted octanol–water partition coefficient (Wildman–Crippen LogP) is 19.5. The number of hydrogen-bond acceptors (Lipinski definition) is 7. The summed E-state index contributed by atoms with van der Waals surface area (Å²) in [6, 6.07) is 103. The van der Waals surface area contributed by atoms with E-state index in [0.29, 0.717) is 11.8 Å². The van der Waals surface area contributed by atoms with Crippen LogP contribution in [-0.4, -0.2) is 20.4 Å². The molecule has 0 amide bonds. The van der Waals surface area contributed by atoms with Gasteiger partial charge in [0.25, 0.3) is 0 Å². The van der Waals surface area contributed by atoms with Gasteiger partial charge in [-0.1, -0.05) is 224 Å². The molecular weight excluding hydrogens is 1060 g/mol. The third kappa shape index (κ3) is 7.30. The smallest absolute Gasteiger partial charge is 0.248 e. The topological polar surface area (TPSA) is 83.2 Å². The van der Waals surface area contributed by atoms with Crippen LogP contribution in [0.1, 0.15) is 44.5 Å². The quantitative estimate of drug-likeness (QED) is 0.157. The average Bonchev–Trinajstić information content (AvgIpc) is 1.77. The van der Waals surface area contributed by atoms with E-state index in [2.05, 4.69) is 257 Å². The van der Waals surface area contributed by atoms with E-state index in [1.807, 2.05) is 54.6 Å². The highest BCUT2D eigenvalue weighted by atomic mass is 16.5. The third-order valence-corrected chi connectivity index (χ3v) is 18.4. The Morgan fingerprint density at radius 2 is 0.552 bits per heavy atom. The van der Waals surface area contributed by atoms with Crippen LogP contribution < -0.4 is 9.47 Å². The van der Waals surface area contributed by atoms with Crippen LogP contribution in [0.2, 0.25) is 0 Å². The molecule has 0 bridgehead atoms. The van der Waals surface area contributed by atoms with Crippen LogP contribution in [0.4, 0.5) is 0 Å². The first-order chi connectivity index (χ1) is 43.1. The summed E-state index contributed by atoms with van der Waals surface area (Å²) in [5, 5.41) is 18.4. The molecule has 2 aromatic heterocycles. The molecule has 14 aromatic rings. The summed E-state index contributed by atoms with van der Waals surface area (Å²) in [7, 11) is 0. The van der Waals surface area contributed by atoms with Gasteiger partial charge in [0.15, 0.2) is 0 Å². The van der Waals surface area contributed by atoms with Gasteiger partial charge in [-0.2, -0.15) is 0 Å². The number of rotatable bonds is 7. The van der Waals surface area contributed by atoms with Gasteiger partial charge >= 0.3 is 0 Å². The summed E-state index contributed by atoms with van der Waals surface area (Å²) < 4.78 is 20.5. The molecule has 0 saturated carbocycles. The second kappa shape index (κ2) is 19.0. The van der Waals surface area contributed by atoms with E-state index in [-0.39, 0.29) is 0 Å². The van der Waals surface area contributed by atoms with Crippen LogP contribution in [0.15, 0.2) is 296 Å². The fourth-order valence-electron chi connectivity index (χ4n) is 14.5. The molecule has 7 heteroatoms. The molecular formula is C80H48N4O3. The van der Waals surface area contributed by atoms with Crippen molar-refractivity contribution in [2.24, 2.45) is 0 Å². The Bertz CT molecular complexity index is 5030. The molecule has 2 spiro atoms. The molecule has 2 aliphatic heterocycles. The first-order valence-electron chi connectivity index (χ1n) is 29.4. The molecule has 87 heavy (non-hydrogen) atoms. The minimum atomic E-state index is -0.619. The summed E-state index contributed by atoms with van der Waals surface area (Å²) >= 11 is 0. The first kappa shape index (κ1) is 48.9. The SMILES string of the molecule is c1ccc(-c2ccc(-c3cccc(-c4ccc5c(c4)Oc4cc(-c6ccc(-c7nnc(-c8cccc(-c9ccc%10c(c9)Oc9ccccc9C%109c%10ccccc%10-c%10ccccc%109)c8)o7)cc6)ccc4C54c5ccccc5-c5ccccc54)c3)nn2)cc1. The maximum Gasteiger partial charge on any atom is 0.248 e. The molecule has 4 heterocycles. The molecule has 0 saturated heterocycles. The summed E-state index contributed by atoms with van der Waals surface area (Å²) in [5.74, 6) is 4.19. The van der Waals surface area contributed by atoms with Crippen molar-refractivity contribution in [3.63, 3.8) is 0 Å². The summed E-state index contributed by atoms with van der Waals surface area (Å²) in [6.07, 6.45) is 0. The minimum absolute atomic E-state index is 0.436. The highest BCUT2D eigenvalue weighted by molar-refractivity contribution is 5.91. The second-order valence-electron chi connectivity index (χ2n) is 22.8. The Balaban J connectivity index is 0.658. The lowest BCUT2D eigenvalue weighted by Gasteiger charge is -2.39. The molecule has 406 valence electrons. The number of hydrogen-bond donors (Lipinski definition) is 0. The highest BCUT2D eigenvalue weighted by Crippen LogP contribution is 2.64. The average molecular weight is 1110 g/mol. The van der Waals surface area contributed by atoms with E-state index in [1.54, 1.807) is 0 Å². The van der Waals surface area contributed by atoms with Crippen LogP contribution in [0.5, 0.6) is 23.0 Å². The number of nitrogens with zero attached hydrogens (tertiary/aromatic N) is 4. The van der Waals surface area contributed by atoms with Crippen molar-refractivity contribution in [3.8, 4) is 124 Å². The van der Waals surface area contributed by atoms with E-state index >= 15 is 0 Å². The van der Waals surface area contributed by atoms with Crippen molar-refractivity contribution in [3.05, 3.63) is 336 Å². The van der Waals surface area contributed by atoms with Gasteiger partial charge < -0.3 is 13.9 Å². The van der Waals surface area contributed by atoms with E-state index in [0.717, 1.165) is 112 Å². The van der Waals surface area contributed by atoms with Crippen molar-refractivity contribution in [2.45, 2.75) is 10.8 Å². The van der Waals surface area contributed by atoms with Gasteiger partial charge in [0.2, 0.25) is 11.8 Å². The maximum atomic E-state index is 7.18. The fourth-order valence-corrected chi connectivity index (χ4v) is 14.5. The number of aromatic nitrogens is 4. The molecule has 0 N–H and O–H groups in total. The van der Waals surface area contributed by atoms with Gasteiger partial charge in [-0.15, -0.1) is 20.4 Å². The van der Waals surface area contributed by atoms with Gasteiger partial charge in [0, 0.05) is 44.5 Å². The number of para-hydroxylation sites is 1. The Labute approximate surface area is 502 Å². The standard InChI is InChI=1S/C80H48N4O3/c1-2-16-50(17-3-1)71-42-43-72(82-81-71)57-20-14-18-52(44-57)55-37-41-70-76(48-55)86-75-46-54(36-39-69(75)80(70)65-28-10-6-24-61(65)62-25-7-11-29-66(62)80)49-32-34-51(35-33-49)77-83-84-78(87-77)58-21-15-19-53(45-58)56-38-40-68-74(47-56)85-73-31-13-12-30-67(73)79(68)63-26-8-4-22-59(63)60-23-5-9-27-64(60)79/h1-48H. The van der Waals surface area contributed by atoms with Crippen LogP contribution in [0, 0.1) is 0 Å². The van der Waals surface area contributed by atoms with Crippen LogP contribution in [0.25, 0.3) is 101 Å². The first-order valence-corrected chi connectivity index (χ1v) is 29.4. The number of ether oxygens (including phenoxy) is 2. The Hall–Kier alpha value is -11.5. The Morgan fingerprint density at radius 1 is 0.207 bits per heavy atom. The van der Waals surface area contributed by atoms with E-state index in [4.69, 9.17) is 13.9 Å². The van der Waals surface area contributed by atoms with E-state index in [9.17, 15) is 0 Å². The molecule has 4 aliphatic rings. The molecule has 18 rings (SSSR count). The summed E-state index contributed by atoms with van der Waals surface area (Å²) in [6.45, 7) is 0. The number of fused-ring (bicyclic) bond motifs is 18. The normalized spacial score (nSPS) is 13.7. The highest BCUT2D eigenvalue weighted by Gasteiger charge is 2.52. The predicted molar refractivity (Wildman–Crippen MR) is 343 cm³/mol. The molecule has 0 unspecified atom stereocenters. The van der Waals surface area contributed by atoms with E-state index in [1.165, 1.54) is 44.5 Å². The van der Waals surface area contributed by atoms with Gasteiger partial charge in [-0.25, -0.2) is 0 Å². The molecule has 0 fully saturated rings. The zero-order valence-corrected chi connectivity index (χ0v) is 46.7. The zero-order chi connectivity index (χ0) is 57.2. The van der Waals surface area contributed by atoms with Crippen molar-refractivity contribution in [2.75, 3.05) is 0 Å². The maximum absolute atomic E-state index is 7.18. The van der Waals surface area contributed by atoms with Crippen molar-refractivity contribution in [1.82, 2.24) is 20.4 Å². The molecule has 7 nitrogen and oxygen atoms in total. The third-order valence-electron chi connectivity index (χ3n) is 18.4. The summed E-state index contributed by atoms with van der Waals surface area (Å²) in [4.78, 5) is 0. The molecule has 0 atom stereocenters. The Morgan fingerprint density at radius 3 is 1.07 bits per heavy atom. The second-order valence-corrected chi connectivity index (χ2v) is 22.8. The largest absolute Gasteiger partial charge is 0.457 e. The van der Waals surface area contributed by atoms with Crippen molar-refractivity contribution in [1.29, 1.82) is 0 Å². The fraction of sp³-hybridized carbons (Fsp3) is 0.0250. The van der Waals surface area contributed by atoms with Gasteiger partial charge in [-0.3, -0.25) is 0 Å².